The van der Waals surface area contributed by atoms with Gasteiger partial charge in [0, 0.05) is 47.5 Å². The van der Waals surface area contributed by atoms with Gasteiger partial charge in [0.1, 0.15) is 0 Å². The van der Waals surface area contributed by atoms with E-state index in [-0.39, 0.29) is 11.2 Å². The molecule has 0 saturated heterocycles. The zero-order valence-corrected chi connectivity index (χ0v) is 18.5. The first-order valence-corrected chi connectivity index (χ1v) is 11.8. The van der Waals surface area contributed by atoms with Crippen LogP contribution < -0.4 is 10.2 Å². The van der Waals surface area contributed by atoms with Crippen LogP contribution in [0.4, 0.5) is 5.69 Å². The minimum atomic E-state index is -3.68. The molecule has 5 aromatic rings. The summed E-state index contributed by atoms with van der Waals surface area (Å²) in [4.78, 5) is 21.8. The number of nitrogens with zero attached hydrogens (tertiary/aromatic N) is 4. The van der Waals surface area contributed by atoms with E-state index in [4.69, 9.17) is 0 Å². The standard InChI is InChI=1S/C24H19N5O3S/c1-29-14-19(12-27-29)18-10-22-23(26-11-18)7-6-17-5-4-16(9-21(17)24(22)30)15-33(31,32)28-20-3-2-8-25-13-20/h2-14,28H,15H2,1H3. The molecule has 0 fully saturated rings. The number of fused-ring (bicyclic) bond motifs is 2. The molecule has 8 nitrogen and oxygen atoms in total. The van der Waals surface area contributed by atoms with Crippen molar-refractivity contribution in [2.24, 2.45) is 7.05 Å². The second-order valence-electron chi connectivity index (χ2n) is 7.75. The molecule has 0 radical (unpaired) electrons. The van der Waals surface area contributed by atoms with E-state index in [1.165, 1.54) is 6.20 Å². The molecule has 0 atom stereocenters. The van der Waals surface area contributed by atoms with E-state index >= 15 is 0 Å². The molecule has 0 unspecified atom stereocenters. The average molecular weight is 458 g/mol. The van der Waals surface area contributed by atoms with Crippen molar-refractivity contribution in [1.82, 2.24) is 19.7 Å². The van der Waals surface area contributed by atoms with E-state index < -0.39 is 10.0 Å². The van der Waals surface area contributed by atoms with Gasteiger partial charge in [-0.2, -0.15) is 5.10 Å². The zero-order chi connectivity index (χ0) is 23.0. The molecule has 0 spiro atoms. The van der Waals surface area contributed by atoms with Gasteiger partial charge in [0.15, 0.2) is 5.43 Å². The van der Waals surface area contributed by atoms with E-state index in [1.54, 1.807) is 65.7 Å². The van der Waals surface area contributed by atoms with Gasteiger partial charge < -0.3 is 0 Å². The van der Waals surface area contributed by atoms with E-state index in [1.807, 2.05) is 19.3 Å². The van der Waals surface area contributed by atoms with Crippen LogP contribution >= 0.6 is 0 Å². The molecular weight excluding hydrogens is 438 g/mol. The lowest BCUT2D eigenvalue weighted by molar-refractivity contribution is 0.600. The predicted molar refractivity (Wildman–Crippen MR) is 128 cm³/mol. The largest absolute Gasteiger partial charge is 0.289 e. The SMILES string of the molecule is Cn1cc(-c2cnc3ccc4ccc(CS(=O)(=O)Nc5cccnc5)cc4c(=O)c3c2)cn1. The number of hydrogen-bond donors (Lipinski definition) is 1. The van der Waals surface area contributed by atoms with Crippen LogP contribution in [0.15, 0.2) is 84.3 Å². The summed E-state index contributed by atoms with van der Waals surface area (Å²) in [5.74, 6) is -0.271. The summed E-state index contributed by atoms with van der Waals surface area (Å²) in [6.45, 7) is 0. The van der Waals surface area contributed by atoms with Gasteiger partial charge in [0.2, 0.25) is 10.0 Å². The number of pyridine rings is 2. The Morgan fingerprint density at radius 2 is 1.82 bits per heavy atom. The third kappa shape index (κ3) is 4.31. The Morgan fingerprint density at radius 1 is 0.970 bits per heavy atom. The van der Waals surface area contributed by atoms with E-state index in [2.05, 4.69) is 19.8 Å². The zero-order valence-electron chi connectivity index (χ0n) is 17.6. The van der Waals surface area contributed by atoms with Gasteiger partial charge in [0.25, 0.3) is 0 Å². The Kier molecular flexibility index (Phi) is 5.10. The van der Waals surface area contributed by atoms with Gasteiger partial charge in [-0.3, -0.25) is 24.2 Å². The summed E-state index contributed by atoms with van der Waals surface area (Å²) < 4.78 is 29.5. The van der Waals surface area contributed by atoms with Gasteiger partial charge >= 0.3 is 0 Å². The molecule has 0 amide bonds. The average Bonchev–Trinajstić information content (AvgIpc) is 3.18. The van der Waals surface area contributed by atoms with Crippen LogP contribution in [0.1, 0.15) is 5.56 Å². The van der Waals surface area contributed by atoms with Crippen LogP contribution in [0.2, 0.25) is 0 Å². The topological polar surface area (TPSA) is 107 Å². The molecule has 2 aromatic carbocycles. The van der Waals surface area contributed by atoms with Gasteiger partial charge in [-0.25, -0.2) is 8.42 Å². The minimum absolute atomic E-state index is 0.206. The molecule has 164 valence electrons. The molecule has 9 heteroatoms. The van der Waals surface area contributed by atoms with Crippen LogP contribution in [0, 0.1) is 0 Å². The third-order valence-electron chi connectivity index (χ3n) is 5.28. The number of aryl methyl sites for hydroxylation is 1. The highest BCUT2D eigenvalue weighted by molar-refractivity contribution is 7.91. The third-order valence-corrected chi connectivity index (χ3v) is 6.54. The van der Waals surface area contributed by atoms with Crippen molar-refractivity contribution in [3.05, 3.63) is 95.3 Å². The van der Waals surface area contributed by atoms with E-state index in [9.17, 15) is 13.2 Å². The molecule has 0 aliphatic heterocycles. The Balaban J connectivity index is 1.58. The number of sulfonamides is 1. The van der Waals surface area contributed by atoms with Crippen molar-refractivity contribution < 1.29 is 8.42 Å². The number of benzene rings is 1. The smallest absolute Gasteiger partial charge is 0.236 e. The van der Waals surface area contributed by atoms with Crippen molar-refractivity contribution in [2.45, 2.75) is 5.75 Å². The Morgan fingerprint density at radius 3 is 2.58 bits per heavy atom. The second-order valence-corrected chi connectivity index (χ2v) is 9.47. The molecule has 33 heavy (non-hydrogen) atoms. The first kappa shape index (κ1) is 20.8. The van der Waals surface area contributed by atoms with Crippen LogP contribution in [-0.2, 0) is 22.8 Å². The molecular formula is C24H19N5O3S. The number of hydrogen-bond acceptors (Lipinski definition) is 6. The normalized spacial score (nSPS) is 11.7. The predicted octanol–water partition coefficient (Wildman–Crippen LogP) is 3.49. The summed E-state index contributed by atoms with van der Waals surface area (Å²) in [5, 5.41) is 5.78. The van der Waals surface area contributed by atoms with Gasteiger partial charge in [-0.05, 0) is 41.3 Å². The lowest BCUT2D eigenvalue weighted by Crippen LogP contribution is -2.15. The molecule has 0 aliphatic rings. The van der Waals surface area contributed by atoms with Crippen molar-refractivity contribution >= 4 is 37.4 Å². The van der Waals surface area contributed by atoms with Crippen LogP contribution in [0.25, 0.3) is 32.8 Å². The quantitative estimate of drug-likeness (QED) is 0.433. The fourth-order valence-corrected chi connectivity index (χ4v) is 4.90. The highest BCUT2D eigenvalue weighted by atomic mass is 32.2. The first-order valence-electron chi connectivity index (χ1n) is 10.1. The molecule has 1 N–H and O–H groups in total. The van der Waals surface area contributed by atoms with E-state index in [0.29, 0.717) is 32.9 Å². The van der Waals surface area contributed by atoms with Crippen molar-refractivity contribution in [2.75, 3.05) is 4.72 Å². The molecule has 0 aliphatic carbocycles. The molecule has 0 bridgehead atoms. The maximum absolute atomic E-state index is 13.5. The molecule has 3 aromatic heterocycles. The highest BCUT2D eigenvalue weighted by Gasteiger charge is 2.14. The minimum Gasteiger partial charge on any atom is -0.289 e. The maximum Gasteiger partial charge on any atom is 0.236 e. The van der Waals surface area contributed by atoms with E-state index in [0.717, 1.165) is 11.1 Å². The number of nitrogens with one attached hydrogen (secondary N) is 1. The first-order chi connectivity index (χ1) is 15.9. The Bertz CT molecular complexity index is 1670. The van der Waals surface area contributed by atoms with Crippen molar-refractivity contribution in [3.63, 3.8) is 0 Å². The lowest BCUT2D eigenvalue weighted by atomic mass is 10.1. The van der Waals surface area contributed by atoms with Gasteiger partial charge in [-0.1, -0.05) is 18.2 Å². The van der Waals surface area contributed by atoms with Crippen LogP contribution in [-0.4, -0.2) is 28.2 Å². The lowest BCUT2D eigenvalue weighted by Gasteiger charge is -2.08. The number of anilines is 1. The molecule has 0 saturated carbocycles. The van der Waals surface area contributed by atoms with Crippen molar-refractivity contribution in [1.29, 1.82) is 0 Å². The fraction of sp³-hybridized carbons (Fsp3) is 0.0833. The summed E-state index contributed by atoms with van der Waals surface area (Å²) in [7, 11) is -1.86. The van der Waals surface area contributed by atoms with Crippen LogP contribution in [0.5, 0.6) is 0 Å². The van der Waals surface area contributed by atoms with Crippen molar-refractivity contribution in [3.8, 4) is 11.1 Å². The van der Waals surface area contributed by atoms with Gasteiger partial charge in [0.05, 0.1) is 29.4 Å². The summed E-state index contributed by atoms with van der Waals surface area (Å²) in [5.41, 5.74) is 2.89. The molecule has 3 heterocycles. The Hall–Kier alpha value is -4.11. The summed E-state index contributed by atoms with van der Waals surface area (Å²) in [6.07, 6.45) is 8.28. The van der Waals surface area contributed by atoms with Gasteiger partial charge in [-0.15, -0.1) is 0 Å². The second kappa shape index (κ2) is 8.10. The summed E-state index contributed by atoms with van der Waals surface area (Å²) in [6, 6.07) is 13.8. The highest BCUT2D eigenvalue weighted by Crippen LogP contribution is 2.23. The molecule has 5 rings (SSSR count). The summed E-state index contributed by atoms with van der Waals surface area (Å²) >= 11 is 0. The van der Waals surface area contributed by atoms with Crippen LogP contribution in [0.3, 0.4) is 0 Å². The number of aromatic nitrogens is 4. The fourth-order valence-electron chi connectivity index (χ4n) is 3.73. The monoisotopic (exact) mass is 457 g/mol. The maximum atomic E-state index is 13.5. The number of rotatable bonds is 5. The Labute approximate surface area is 189 Å².